The minimum absolute atomic E-state index is 0.0651. The van der Waals surface area contributed by atoms with Crippen molar-refractivity contribution in [3.05, 3.63) is 64.5 Å². The summed E-state index contributed by atoms with van der Waals surface area (Å²) in [5.74, 6) is 1.07. The maximum Gasteiger partial charge on any atom is 0.253 e. The lowest BCUT2D eigenvalue weighted by molar-refractivity contribution is 0.0940. The van der Waals surface area contributed by atoms with Crippen molar-refractivity contribution in [3.8, 4) is 0 Å². The number of nitrogens with zero attached hydrogens (tertiary/aromatic N) is 2. The van der Waals surface area contributed by atoms with Crippen LogP contribution in [0.3, 0.4) is 0 Å². The van der Waals surface area contributed by atoms with E-state index >= 15 is 0 Å². The summed E-state index contributed by atoms with van der Waals surface area (Å²) in [6.07, 6.45) is 8.57. The molecule has 0 unspecified atom stereocenters. The van der Waals surface area contributed by atoms with Crippen LogP contribution in [-0.4, -0.2) is 35.4 Å². The molecule has 2 aromatic rings. The van der Waals surface area contributed by atoms with Crippen molar-refractivity contribution in [2.24, 2.45) is 5.92 Å². The highest BCUT2D eigenvalue weighted by Crippen LogP contribution is 2.30. The minimum atomic E-state index is 0.0651. The van der Waals surface area contributed by atoms with Gasteiger partial charge >= 0.3 is 0 Å². The van der Waals surface area contributed by atoms with Gasteiger partial charge in [0.25, 0.3) is 5.91 Å². The zero-order valence-corrected chi connectivity index (χ0v) is 19.2. The van der Waals surface area contributed by atoms with Gasteiger partial charge in [-0.25, -0.2) is 0 Å². The number of rotatable bonds is 6. The second kappa shape index (κ2) is 10.4. The Bertz CT molecular complexity index is 880. The molecule has 2 fully saturated rings. The van der Waals surface area contributed by atoms with E-state index in [0.717, 1.165) is 56.0 Å². The predicted octanol–water partition coefficient (Wildman–Crippen LogP) is 5.39. The molecular weight excluding hydrogens is 382 g/mol. The van der Waals surface area contributed by atoms with Crippen LogP contribution in [-0.2, 0) is 6.54 Å². The molecule has 31 heavy (non-hydrogen) atoms. The van der Waals surface area contributed by atoms with Crippen LogP contribution < -0.4 is 5.32 Å². The molecule has 1 saturated heterocycles. The summed E-state index contributed by atoms with van der Waals surface area (Å²) in [5, 5.41) is 3.22. The highest BCUT2D eigenvalue weighted by molar-refractivity contribution is 5.95. The number of amides is 1. The predicted molar refractivity (Wildman–Crippen MR) is 126 cm³/mol. The Balaban J connectivity index is 1.37. The van der Waals surface area contributed by atoms with Crippen molar-refractivity contribution in [2.75, 3.05) is 19.6 Å². The van der Waals surface area contributed by atoms with E-state index in [1.54, 1.807) is 0 Å². The maximum atomic E-state index is 13.0. The van der Waals surface area contributed by atoms with E-state index in [1.165, 1.54) is 43.2 Å². The first-order valence-electron chi connectivity index (χ1n) is 12.1. The second-order valence-electron chi connectivity index (χ2n) is 9.64. The number of nitrogens with one attached hydrogen (secondary N) is 1. The van der Waals surface area contributed by atoms with Crippen LogP contribution >= 0.6 is 0 Å². The maximum absolute atomic E-state index is 13.0. The molecule has 1 aliphatic heterocycles. The first kappa shape index (κ1) is 22.0. The van der Waals surface area contributed by atoms with Crippen LogP contribution in [0, 0.1) is 19.8 Å². The number of hydrogen-bond donors (Lipinski definition) is 1. The fraction of sp³-hybridized carbons (Fsp3) is 0.556. The van der Waals surface area contributed by atoms with Gasteiger partial charge in [-0.3, -0.25) is 14.7 Å². The van der Waals surface area contributed by atoms with Gasteiger partial charge in [0, 0.05) is 24.7 Å². The van der Waals surface area contributed by atoms with Crippen molar-refractivity contribution in [1.82, 2.24) is 15.2 Å². The van der Waals surface area contributed by atoms with Crippen molar-refractivity contribution >= 4 is 5.91 Å². The first-order chi connectivity index (χ1) is 15.1. The molecule has 2 aliphatic rings. The van der Waals surface area contributed by atoms with Gasteiger partial charge in [0.1, 0.15) is 0 Å². The van der Waals surface area contributed by atoms with Crippen molar-refractivity contribution in [3.63, 3.8) is 0 Å². The molecule has 1 saturated carbocycles. The van der Waals surface area contributed by atoms with E-state index in [0.29, 0.717) is 11.8 Å². The van der Waals surface area contributed by atoms with Gasteiger partial charge in [-0.2, -0.15) is 0 Å². The average molecular weight is 420 g/mol. The Morgan fingerprint density at radius 1 is 1.03 bits per heavy atom. The number of piperidine rings is 1. The number of carbonyl (C=O) groups is 1. The quantitative estimate of drug-likeness (QED) is 0.683. The standard InChI is InChI=1S/C27H37N3O/c1-20-7-6-10-23(17-20)19-30-15-13-24(14-16-30)26-25(12-11-21(2)29-26)27(31)28-18-22-8-4-3-5-9-22/h6-7,10-12,17,22,24H,3-5,8-9,13-16,18-19H2,1-2H3,(H,28,31). The van der Waals surface area contributed by atoms with E-state index in [2.05, 4.69) is 41.4 Å². The third-order valence-corrected chi connectivity index (χ3v) is 7.05. The van der Waals surface area contributed by atoms with Gasteiger partial charge < -0.3 is 5.32 Å². The largest absolute Gasteiger partial charge is 0.352 e. The Kier molecular flexibility index (Phi) is 7.39. The monoisotopic (exact) mass is 419 g/mol. The summed E-state index contributed by atoms with van der Waals surface area (Å²) in [4.78, 5) is 20.4. The van der Waals surface area contributed by atoms with Gasteiger partial charge in [0.15, 0.2) is 0 Å². The van der Waals surface area contributed by atoms with E-state index in [1.807, 2.05) is 19.1 Å². The molecular formula is C27H37N3O. The van der Waals surface area contributed by atoms with Crippen LogP contribution in [0.4, 0.5) is 0 Å². The summed E-state index contributed by atoms with van der Waals surface area (Å²) in [5.41, 5.74) is 5.51. The lowest BCUT2D eigenvalue weighted by atomic mass is 9.88. The number of carbonyl (C=O) groups excluding carboxylic acids is 1. The molecule has 2 heterocycles. The average Bonchev–Trinajstić information content (AvgIpc) is 2.79. The first-order valence-corrected chi connectivity index (χ1v) is 12.1. The Labute approximate surface area is 187 Å². The van der Waals surface area contributed by atoms with Crippen LogP contribution in [0.5, 0.6) is 0 Å². The topological polar surface area (TPSA) is 45.2 Å². The van der Waals surface area contributed by atoms with Crippen molar-refractivity contribution < 1.29 is 4.79 Å². The molecule has 4 heteroatoms. The number of aromatic nitrogens is 1. The molecule has 0 spiro atoms. The molecule has 1 N–H and O–H groups in total. The number of hydrogen-bond acceptors (Lipinski definition) is 3. The summed E-state index contributed by atoms with van der Waals surface area (Å²) in [6, 6.07) is 12.8. The van der Waals surface area contributed by atoms with Gasteiger partial charge in [0.05, 0.1) is 11.3 Å². The van der Waals surface area contributed by atoms with Crippen molar-refractivity contribution in [1.29, 1.82) is 0 Å². The summed E-state index contributed by atoms with van der Waals surface area (Å²) in [6.45, 7) is 8.10. The normalized spacial score (nSPS) is 18.8. The molecule has 0 radical (unpaired) electrons. The fourth-order valence-corrected chi connectivity index (χ4v) is 5.24. The molecule has 0 bridgehead atoms. The van der Waals surface area contributed by atoms with Crippen molar-refractivity contribution in [2.45, 2.75) is 71.3 Å². The minimum Gasteiger partial charge on any atom is -0.352 e. The van der Waals surface area contributed by atoms with Gasteiger partial charge in [-0.15, -0.1) is 0 Å². The molecule has 1 aromatic heterocycles. The molecule has 166 valence electrons. The molecule has 1 aromatic carbocycles. The highest BCUT2D eigenvalue weighted by Gasteiger charge is 2.26. The number of pyridine rings is 1. The third-order valence-electron chi connectivity index (χ3n) is 7.05. The fourth-order valence-electron chi connectivity index (χ4n) is 5.24. The molecule has 4 nitrogen and oxygen atoms in total. The highest BCUT2D eigenvalue weighted by atomic mass is 16.1. The number of likely N-dealkylation sites (tertiary alicyclic amines) is 1. The number of benzene rings is 1. The molecule has 0 atom stereocenters. The van der Waals surface area contributed by atoms with Gasteiger partial charge in [-0.05, 0) is 76.2 Å². The second-order valence-corrected chi connectivity index (χ2v) is 9.64. The molecule has 1 amide bonds. The zero-order chi connectivity index (χ0) is 21.6. The van der Waals surface area contributed by atoms with E-state index in [4.69, 9.17) is 4.98 Å². The third kappa shape index (κ3) is 5.94. The molecule has 4 rings (SSSR count). The molecule has 1 aliphatic carbocycles. The zero-order valence-electron chi connectivity index (χ0n) is 19.2. The lowest BCUT2D eigenvalue weighted by Crippen LogP contribution is -2.35. The summed E-state index contributed by atoms with van der Waals surface area (Å²) >= 11 is 0. The van der Waals surface area contributed by atoms with E-state index < -0.39 is 0 Å². The Morgan fingerprint density at radius 2 is 1.81 bits per heavy atom. The summed E-state index contributed by atoms with van der Waals surface area (Å²) in [7, 11) is 0. The van der Waals surface area contributed by atoms with Gasteiger partial charge in [0.2, 0.25) is 0 Å². The van der Waals surface area contributed by atoms with Gasteiger partial charge in [-0.1, -0.05) is 49.1 Å². The Hall–Kier alpha value is -2.20. The SMILES string of the molecule is Cc1cccc(CN2CCC(c3nc(C)ccc3C(=O)NCC3CCCCC3)CC2)c1. The van der Waals surface area contributed by atoms with Crippen LogP contribution in [0.2, 0.25) is 0 Å². The summed E-state index contributed by atoms with van der Waals surface area (Å²) < 4.78 is 0. The van der Waals surface area contributed by atoms with E-state index in [-0.39, 0.29) is 5.91 Å². The number of aryl methyl sites for hydroxylation is 2. The van der Waals surface area contributed by atoms with E-state index in [9.17, 15) is 4.79 Å². The van der Waals surface area contributed by atoms with Crippen LogP contribution in [0.15, 0.2) is 36.4 Å². The Morgan fingerprint density at radius 3 is 2.55 bits per heavy atom. The van der Waals surface area contributed by atoms with Crippen LogP contribution in [0.25, 0.3) is 0 Å². The smallest absolute Gasteiger partial charge is 0.253 e. The lowest BCUT2D eigenvalue weighted by Gasteiger charge is -2.32. The van der Waals surface area contributed by atoms with Crippen LogP contribution in [0.1, 0.15) is 83.7 Å².